The quantitative estimate of drug-likeness (QED) is 0.156. The number of hydrogen-bond donors (Lipinski definition) is 1. The highest BCUT2D eigenvalue weighted by molar-refractivity contribution is 6.32. The molecule has 0 spiro atoms. The molecule has 3 aromatic carbocycles. The van der Waals surface area contributed by atoms with Gasteiger partial charge in [-0.15, -0.1) is 0 Å². The van der Waals surface area contributed by atoms with Gasteiger partial charge < -0.3 is 14.8 Å². The van der Waals surface area contributed by atoms with Crippen molar-refractivity contribution in [3.05, 3.63) is 97.6 Å². The Balaban J connectivity index is 1.86. The Hall–Kier alpha value is -4.35. The average molecular weight is 506 g/mol. The van der Waals surface area contributed by atoms with Crippen LogP contribution in [0.5, 0.6) is 11.5 Å². The molecule has 0 aromatic heterocycles. The molecular weight excluding hydrogens is 482 g/mol. The first kappa shape index (κ1) is 26.3. The van der Waals surface area contributed by atoms with Crippen LogP contribution in [0.15, 0.2) is 60.2 Å². The van der Waals surface area contributed by atoms with Crippen LogP contribution in [0, 0.1) is 35.3 Å². The van der Waals surface area contributed by atoms with Crippen molar-refractivity contribution in [1.29, 1.82) is 5.26 Å². The average Bonchev–Trinajstić information content (AvgIpc) is 2.84. The number of halogens is 1. The van der Waals surface area contributed by atoms with E-state index in [0.29, 0.717) is 29.2 Å². The minimum Gasteiger partial charge on any atom is -0.490 e. The number of aryl methyl sites for hydroxylation is 2. The van der Waals surface area contributed by atoms with Gasteiger partial charge >= 0.3 is 0 Å². The predicted molar refractivity (Wildman–Crippen MR) is 138 cm³/mol. The second-order valence-corrected chi connectivity index (χ2v) is 8.33. The van der Waals surface area contributed by atoms with Crippen LogP contribution in [0.2, 0.25) is 5.02 Å². The molecule has 0 aliphatic heterocycles. The number of nitrogens with zero attached hydrogens (tertiary/aromatic N) is 2. The zero-order valence-corrected chi connectivity index (χ0v) is 20.8. The number of rotatable bonds is 9. The summed E-state index contributed by atoms with van der Waals surface area (Å²) in [5.74, 6) is 0.0145. The lowest BCUT2D eigenvalue weighted by Gasteiger charge is -2.15. The summed E-state index contributed by atoms with van der Waals surface area (Å²) in [5, 5.41) is 23.6. The number of non-ortho nitro benzene ring substituents is 1. The van der Waals surface area contributed by atoms with E-state index in [9.17, 15) is 20.2 Å². The normalized spacial score (nSPS) is 10.9. The molecule has 0 aliphatic rings. The van der Waals surface area contributed by atoms with Gasteiger partial charge in [0.15, 0.2) is 11.5 Å². The maximum atomic E-state index is 12.8. The van der Waals surface area contributed by atoms with E-state index in [-0.39, 0.29) is 28.6 Å². The molecule has 0 radical (unpaired) electrons. The Kier molecular flexibility index (Phi) is 8.66. The summed E-state index contributed by atoms with van der Waals surface area (Å²) in [7, 11) is 0. The zero-order valence-electron chi connectivity index (χ0n) is 20.0. The van der Waals surface area contributed by atoms with Crippen LogP contribution in [0.25, 0.3) is 6.08 Å². The Morgan fingerprint density at radius 1 is 1.17 bits per heavy atom. The fraction of sp³-hybridized carbons (Fsp3) is 0.185. The number of benzene rings is 3. The molecule has 0 unspecified atom stereocenters. The molecule has 1 N–H and O–H groups in total. The van der Waals surface area contributed by atoms with Gasteiger partial charge in [0.2, 0.25) is 0 Å². The Labute approximate surface area is 213 Å². The highest BCUT2D eigenvalue weighted by Gasteiger charge is 2.16. The number of ether oxygens (including phenoxy) is 2. The predicted octanol–water partition coefficient (Wildman–Crippen LogP) is 6.39. The highest BCUT2D eigenvalue weighted by Crippen LogP contribution is 2.38. The molecule has 3 rings (SSSR count). The molecule has 0 bridgehead atoms. The molecule has 9 heteroatoms. The molecule has 184 valence electrons. The Morgan fingerprint density at radius 3 is 2.64 bits per heavy atom. The van der Waals surface area contributed by atoms with E-state index in [4.69, 9.17) is 21.1 Å². The smallest absolute Gasteiger partial charge is 0.269 e. The number of carbonyl (C=O) groups is 1. The number of nitriles is 1. The number of amides is 1. The lowest BCUT2D eigenvalue weighted by atomic mass is 10.1. The van der Waals surface area contributed by atoms with Crippen molar-refractivity contribution < 1.29 is 19.2 Å². The first-order chi connectivity index (χ1) is 17.2. The summed E-state index contributed by atoms with van der Waals surface area (Å²) >= 11 is 6.47. The minimum absolute atomic E-state index is 0.0261. The van der Waals surface area contributed by atoms with E-state index in [1.54, 1.807) is 31.2 Å². The minimum atomic E-state index is -0.550. The molecule has 0 fully saturated rings. The number of carbonyl (C=O) groups excluding carboxylic acids is 1. The molecule has 0 saturated heterocycles. The third kappa shape index (κ3) is 6.62. The topological polar surface area (TPSA) is 114 Å². The summed E-state index contributed by atoms with van der Waals surface area (Å²) in [6, 6.07) is 16.8. The summed E-state index contributed by atoms with van der Waals surface area (Å²) in [4.78, 5) is 23.3. The van der Waals surface area contributed by atoms with Gasteiger partial charge in [-0.05, 0) is 67.3 Å². The van der Waals surface area contributed by atoms with Gasteiger partial charge in [0.1, 0.15) is 18.2 Å². The van der Waals surface area contributed by atoms with E-state index in [2.05, 4.69) is 5.32 Å². The van der Waals surface area contributed by atoms with Crippen molar-refractivity contribution in [2.45, 2.75) is 27.4 Å². The van der Waals surface area contributed by atoms with Gasteiger partial charge in [-0.1, -0.05) is 35.9 Å². The Bertz CT molecular complexity index is 1380. The Morgan fingerprint density at radius 2 is 1.94 bits per heavy atom. The molecule has 3 aromatic rings. The van der Waals surface area contributed by atoms with E-state index in [0.717, 1.165) is 11.1 Å². The molecule has 0 atom stereocenters. The second-order valence-electron chi connectivity index (χ2n) is 7.92. The maximum absolute atomic E-state index is 12.8. The lowest BCUT2D eigenvalue weighted by Crippen LogP contribution is -2.14. The first-order valence-electron chi connectivity index (χ1n) is 11.0. The van der Waals surface area contributed by atoms with Gasteiger partial charge in [-0.2, -0.15) is 5.26 Å². The summed E-state index contributed by atoms with van der Waals surface area (Å²) < 4.78 is 11.5. The van der Waals surface area contributed by atoms with Gasteiger partial charge in [0, 0.05) is 17.8 Å². The van der Waals surface area contributed by atoms with Crippen LogP contribution >= 0.6 is 11.6 Å². The van der Waals surface area contributed by atoms with E-state index in [1.807, 2.05) is 38.1 Å². The van der Waals surface area contributed by atoms with Gasteiger partial charge in [0.25, 0.3) is 11.6 Å². The molecule has 36 heavy (non-hydrogen) atoms. The summed E-state index contributed by atoms with van der Waals surface area (Å²) in [5.41, 5.74) is 3.38. The van der Waals surface area contributed by atoms with Gasteiger partial charge in [-0.3, -0.25) is 14.9 Å². The fourth-order valence-corrected chi connectivity index (χ4v) is 3.64. The largest absolute Gasteiger partial charge is 0.490 e. The lowest BCUT2D eigenvalue weighted by molar-refractivity contribution is -0.384. The molecular formula is C27H24ClN3O5. The standard InChI is InChI=1S/C27H24ClN3O5/c1-4-35-25-14-20(11-21(15-29)27(32)30-24-10-17(2)8-9-18(24)3)13-23(28)26(25)36-16-19-6-5-7-22(12-19)31(33)34/h5-14H,4,16H2,1-3H3,(H,30,32)/b21-11+. The van der Waals surface area contributed by atoms with E-state index < -0.39 is 10.8 Å². The van der Waals surface area contributed by atoms with Crippen molar-refractivity contribution in [1.82, 2.24) is 0 Å². The zero-order chi connectivity index (χ0) is 26.2. The summed E-state index contributed by atoms with van der Waals surface area (Å²) in [6.45, 7) is 5.91. The van der Waals surface area contributed by atoms with Crippen molar-refractivity contribution in [3.8, 4) is 17.6 Å². The van der Waals surface area contributed by atoms with Crippen LogP contribution in [0.1, 0.15) is 29.2 Å². The fourth-order valence-electron chi connectivity index (χ4n) is 3.37. The van der Waals surface area contributed by atoms with Crippen LogP contribution in [0.4, 0.5) is 11.4 Å². The summed E-state index contributed by atoms with van der Waals surface area (Å²) in [6.07, 6.45) is 1.42. The van der Waals surface area contributed by atoms with Gasteiger partial charge in [-0.25, -0.2) is 0 Å². The second kappa shape index (κ2) is 11.9. The SMILES string of the molecule is CCOc1cc(/C=C(\C#N)C(=O)Nc2cc(C)ccc2C)cc(Cl)c1OCc1cccc([N+](=O)[O-])c1. The number of nitro benzene ring substituents is 1. The first-order valence-corrected chi connectivity index (χ1v) is 11.4. The molecule has 0 heterocycles. The number of nitro groups is 1. The van der Waals surface area contributed by atoms with E-state index >= 15 is 0 Å². The number of anilines is 1. The number of hydrogen-bond acceptors (Lipinski definition) is 6. The van der Waals surface area contributed by atoms with Crippen molar-refractivity contribution >= 4 is 35.0 Å². The highest BCUT2D eigenvalue weighted by atomic mass is 35.5. The molecule has 1 amide bonds. The van der Waals surface area contributed by atoms with E-state index in [1.165, 1.54) is 18.2 Å². The maximum Gasteiger partial charge on any atom is 0.269 e. The van der Waals surface area contributed by atoms with Crippen molar-refractivity contribution in [3.63, 3.8) is 0 Å². The van der Waals surface area contributed by atoms with Crippen LogP contribution in [0.3, 0.4) is 0 Å². The van der Waals surface area contributed by atoms with Crippen LogP contribution in [-0.2, 0) is 11.4 Å². The molecule has 0 saturated carbocycles. The monoisotopic (exact) mass is 505 g/mol. The third-order valence-corrected chi connectivity index (χ3v) is 5.43. The molecule has 8 nitrogen and oxygen atoms in total. The van der Waals surface area contributed by atoms with Crippen LogP contribution < -0.4 is 14.8 Å². The molecule has 0 aliphatic carbocycles. The van der Waals surface area contributed by atoms with Crippen molar-refractivity contribution in [2.75, 3.05) is 11.9 Å². The van der Waals surface area contributed by atoms with Crippen LogP contribution in [-0.4, -0.2) is 17.4 Å². The number of nitrogens with one attached hydrogen (secondary N) is 1. The van der Waals surface area contributed by atoms with Gasteiger partial charge in [0.05, 0.1) is 16.6 Å². The third-order valence-electron chi connectivity index (χ3n) is 5.15. The van der Waals surface area contributed by atoms with Crippen molar-refractivity contribution in [2.24, 2.45) is 0 Å².